The van der Waals surface area contributed by atoms with Gasteiger partial charge in [-0.2, -0.15) is 0 Å². The standard InChI is InChI=1S/2K.2Na.H3O4P.H2O3Se/c;;;;1-5(2,3)4;1-4(2)3/h;;;;(H3,1,2,3,4);(H2,1,2,3)/q4*+1;;/p-4. The second kappa shape index (κ2) is 22.8. The summed E-state index contributed by atoms with van der Waals surface area (Å²) in [6.45, 7) is 0. The van der Waals surface area contributed by atoms with E-state index in [1.54, 1.807) is 0 Å². The molecule has 1 N–H and O–H groups in total. The zero-order valence-corrected chi connectivity index (χ0v) is 20.6. The molecular weight excluding hydrogens is 346 g/mol. The Morgan fingerprint density at radius 1 is 1.08 bits per heavy atom. The van der Waals surface area contributed by atoms with Crippen molar-refractivity contribution in [3.05, 3.63) is 0 Å². The van der Waals surface area contributed by atoms with Gasteiger partial charge in [-0.05, 0) is 0 Å². The van der Waals surface area contributed by atoms with Crippen LogP contribution in [-0.2, 0) is 8.40 Å². The first-order chi connectivity index (χ1) is 3.73. The van der Waals surface area contributed by atoms with Crippen LogP contribution < -0.4 is 180 Å². The third-order valence-electron chi connectivity index (χ3n) is 0. The molecule has 0 unspecified atom stereocenters. The number of hydrogen-bond donors (Lipinski definition) is 1. The summed E-state index contributed by atoms with van der Waals surface area (Å²) in [4.78, 5) is 24.3. The smallest absolute Gasteiger partial charge is 1.00 e. The normalized spacial score (nSPS) is 7.23. The van der Waals surface area contributed by atoms with E-state index in [9.17, 15) is 0 Å². The van der Waals surface area contributed by atoms with Crippen LogP contribution in [0, 0.1) is 0 Å². The van der Waals surface area contributed by atoms with Crippen molar-refractivity contribution in [1.82, 2.24) is 0 Å². The Hall–Kier alpha value is 5.62. The average molecular weight is 347 g/mol. The zero-order valence-electron chi connectivity index (χ0n) is 7.75. The summed E-state index contributed by atoms with van der Waals surface area (Å²) in [7, 11) is -5.14. The van der Waals surface area contributed by atoms with E-state index in [2.05, 4.69) is 0 Å². The van der Waals surface area contributed by atoms with E-state index in [1.807, 2.05) is 0 Å². The van der Waals surface area contributed by atoms with Crippen molar-refractivity contribution in [3.63, 3.8) is 0 Å². The van der Waals surface area contributed by atoms with Crippen molar-refractivity contribution in [3.8, 4) is 0 Å². The van der Waals surface area contributed by atoms with Gasteiger partial charge in [-0.25, -0.2) is 0 Å². The number of hydrogen-bond acceptors (Lipinski definition) is 6. The van der Waals surface area contributed by atoms with E-state index in [-0.39, 0.29) is 162 Å². The van der Waals surface area contributed by atoms with E-state index in [0.29, 0.717) is 0 Å². The number of phosphoric acid groups is 1. The molecule has 0 aromatic carbocycles. The Bertz CT molecular complexity index is 124. The summed E-state index contributed by atoms with van der Waals surface area (Å²) in [5, 5.41) is 0. The molecule has 0 aliphatic carbocycles. The van der Waals surface area contributed by atoms with E-state index in [4.69, 9.17) is 31.5 Å². The summed E-state index contributed by atoms with van der Waals surface area (Å²) < 4.78 is 34.3. The van der Waals surface area contributed by atoms with Crippen LogP contribution in [0.15, 0.2) is 0 Å². The molecule has 13 heavy (non-hydrogen) atoms. The molecule has 0 spiro atoms. The first-order valence-electron chi connectivity index (χ1n) is 1.25. The maximum absolute atomic E-state index is 8.66. The Morgan fingerprint density at radius 2 is 1.08 bits per heavy atom. The molecular formula is HK2Na2O7PSe. The first kappa shape index (κ1) is 36.3. The molecule has 0 saturated heterocycles. The van der Waals surface area contributed by atoms with Crippen LogP contribution in [-0.4, -0.2) is 19.4 Å². The molecule has 0 saturated carbocycles. The van der Waals surface area contributed by atoms with Crippen LogP contribution in [0.5, 0.6) is 0 Å². The Morgan fingerprint density at radius 3 is 1.08 bits per heavy atom. The molecule has 0 aliphatic rings. The minimum absolute atomic E-state index is 0. The van der Waals surface area contributed by atoms with Gasteiger partial charge in [-0.3, -0.25) is 0 Å². The monoisotopic (exact) mass is 348 g/mol. The predicted octanol–water partition coefficient (Wildman–Crippen LogP) is -17.1. The van der Waals surface area contributed by atoms with Crippen molar-refractivity contribution in [2.24, 2.45) is 0 Å². The fraction of sp³-hybridized carbons (Fsp3) is 0. The molecule has 0 rings (SSSR count). The first-order valence-corrected chi connectivity index (χ1v) is 4.84. The molecule has 13 heteroatoms. The van der Waals surface area contributed by atoms with Crippen LogP contribution in [0.1, 0.15) is 0 Å². The summed E-state index contributed by atoms with van der Waals surface area (Å²) in [6, 6.07) is 0. The van der Waals surface area contributed by atoms with E-state index in [1.165, 1.54) is 0 Å². The Labute approximate surface area is 209 Å². The fourth-order valence-electron chi connectivity index (χ4n) is 0. The number of rotatable bonds is 0. The molecule has 0 radical (unpaired) electrons. The fourth-order valence-corrected chi connectivity index (χ4v) is 0. The van der Waals surface area contributed by atoms with Crippen LogP contribution in [0.25, 0.3) is 0 Å². The zero-order chi connectivity index (χ0) is 8.08. The van der Waals surface area contributed by atoms with Gasteiger partial charge in [-0.1, -0.05) is 0 Å². The van der Waals surface area contributed by atoms with Gasteiger partial charge in [0.2, 0.25) is 0 Å². The summed E-state index contributed by atoms with van der Waals surface area (Å²) >= 11 is -3.79. The quantitative estimate of drug-likeness (QED) is 0.338. The molecule has 0 heterocycles. The summed E-state index contributed by atoms with van der Waals surface area (Å²) in [5.74, 6) is 0. The maximum atomic E-state index is 8.66. The minimum atomic E-state index is -5.14. The summed E-state index contributed by atoms with van der Waals surface area (Å²) in [5.41, 5.74) is 0. The van der Waals surface area contributed by atoms with Gasteiger partial charge in [0.15, 0.2) is 0 Å². The van der Waals surface area contributed by atoms with Gasteiger partial charge in [0, 0.05) is 0 Å². The molecule has 0 fully saturated rings. The second-order valence-corrected chi connectivity index (χ2v) is 2.47. The minimum Gasteiger partial charge on any atom is 1.00 e. The van der Waals surface area contributed by atoms with Crippen molar-refractivity contribution in [2.75, 3.05) is 0 Å². The molecule has 0 aromatic rings. The van der Waals surface area contributed by atoms with E-state index < -0.39 is 22.3 Å². The maximum Gasteiger partial charge on any atom is 1.00 e. The SMILES string of the molecule is O=P([O-])([O-])O.O=[Se]([O-])[O-].[K+].[K+].[Na+].[Na+]. The van der Waals surface area contributed by atoms with Crippen LogP contribution in [0.2, 0.25) is 0 Å². The van der Waals surface area contributed by atoms with Gasteiger partial charge >= 0.3 is 189 Å². The Balaban J connectivity index is -0.0000000146. The van der Waals surface area contributed by atoms with Gasteiger partial charge in [-0.15, -0.1) is 0 Å². The third-order valence-corrected chi connectivity index (χ3v) is 0. The van der Waals surface area contributed by atoms with E-state index in [0.717, 1.165) is 0 Å². The van der Waals surface area contributed by atoms with Crippen LogP contribution >= 0.6 is 7.82 Å². The van der Waals surface area contributed by atoms with Crippen molar-refractivity contribution >= 4 is 22.3 Å². The molecule has 58 valence electrons. The largest absolute Gasteiger partial charge is 1.00 e. The van der Waals surface area contributed by atoms with Crippen LogP contribution in [0.3, 0.4) is 0 Å². The van der Waals surface area contributed by atoms with Crippen LogP contribution in [0.4, 0.5) is 0 Å². The molecule has 7 nitrogen and oxygen atoms in total. The predicted molar refractivity (Wildman–Crippen MR) is 16.3 cm³/mol. The van der Waals surface area contributed by atoms with Crippen molar-refractivity contribution in [1.29, 1.82) is 0 Å². The summed E-state index contributed by atoms with van der Waals surface area (Å²) in [6.07, 6.45) is 0. The molecule has 0 atom stereocenters. The second-order valence-electron chi connectivity index (χ2n) is 0.673. The Kier molecular flexibility index (Phi) is 63.6. The topological polar surface area (TPSA) is 147 Å². The van der Waals surface area contributed by atoms with Gasteiger partial charge in [0.1, 0.15) is 0 Å². The average Bonchev–Trinajstić information content (AvgIpc) is 1.19. The van der Waals surface area contributed by atoms with Gasteiger partial charge in [0.25, 0.3) is 0 Å². The van der Waals surface area contributed by atoms with Crippen molar-refractivity contribution < 1.29 is 193 Å². The van der Waals surface area contributed by atoms with E-state index >= 15 is 0 Å². The molecule has 0 bridgehead atoms. The third kappa shape index (κ3) is 136. The van der Waals surface area contributed by atoms with Gasteiger partial charge < -0.3 is 19.2 Å². The molecule has 0 aromatic heterocycles. The van der Waals surface area contributed by atoms with Gasteiger partial charge in [0.05, 0.1) is 7.82 Å². The van der Waals surface area contributed by atoms with Crippen molar-refractivity contribution in [2.45, 2.75) is 0 Å². The molecule has 0 aliphatic heterocycles. The molecule has 0 amide bonds.